The van der Waals surface area contributed by atoms with Gasteiger partial charge in [0, 0.05) is 7.05 Å². The summed E-state index contributed by atoms with van der Waals surface area (Å²) in [4.78, 5) is 16.6. The molecular formula is C10H8F3NO2. The molecule has 0 radical (unpaired) electrons. The number of Topliss-reactive ketones (excluding diaryl/α,β-unsaturated/α-hetero) is 1. The summed E-state index contributed by atoms with van der Waals surface area (Å²) in [5.74, 6) is -0.634. The van der Waals surface area contributed by atoms with Gasteiger partial charge in [0.15, 0.2) is 11.5 Å². The average molecular weight is 231 g/mol. The van der Waals surface area contributed by atoms with Crippen LogP contribution in [-0.4, -0.2) is 24.4 Å². The van der Waals surface area contributed by atoms with Gasteiger partial charge in [-0.3, -0.25) is 4.79 Å². The Kier molecular flexibility index (Phi) is 2.38. The minimum Gasteiger partial charge on any atom is -0.405 e. The van der Waals surface area contributed by atoms with Crippen molar-refractivity contribution in [3.05, 3.63) is 29.3 Å². The second-order valence-corrected chi connectivity index (χ2v) is 3.48. The fourth-order valence-corrected chi connectivity index (χ4v) is 1.61. The third-order valence-corrected chi connectivity index (χ3v) is 2.23. The molecule has 86 valence electrons. The van der Waals surface area contributed by atoms with E-state index in [1.54, 1.807) is 0 Å². The molecule has 0 amide bonds. The van der Waals surface area contributed by atoms with Crippen molar-refractivity contribution in [2.75, 3.05) is 13.6 Å². The maximum absolute atomic E-state index is 12.6. The summed E-state index contributed by atoms with van der Waals surface area (Å²) in [6.45, 7) is -0.180. The fourth-order valence-electron chi connectivity index (χ4n) is 1.61. The number of nitrogens with zero attached hydrogens (tertiary/aromatic N) is 1. The molecule has 6 heteroatoms. The Hall–Kier alpha value is -1.56. The zero-order valence-electron chi connectivity index (χ0n) is 8.34. The normalized spacial score (nSPS) is 16.9. The summed E-state index contributed by atoms with van der Waals surface area (Å²) in [6, 6.07) is 3.44. The SMILES string of the molecule is CN1CC(=O)c2c(cccc2C(F)(F)F)O1. The highest BCUT2D eigenvalue weighted by Gasteiger charge is 2.38. The minimum atomic E-state index is -4.54. The van der Waals surface area contributed by atoms with Crippen LogP contribution in [0.25, 0.3) is 0 Å². The molecule has 0 aliphatic carbocycles. The molecule has 16 heavy (non-hydrogen) atoms. The number of carbonyl (C=O) groups excluding carboxylic acids is 1. The Balaban J connectivity index is 2.59. The Morgan fingerprint density at radius 3 is 2.69 bits per heavy atom. The highest BCUT2D eigenvalue weighted by Crippen LogP contribution is 2.37. The number of alkyl halides is 3. The predicted molar refractivity (Wildman–Crippen MR) is 49.0 cm³/mol. The van der Waals surface area contributed by atoms with Crippen molar-refractivity contribution in [2.45, 2.75) is 6.18 Å². The van der Waals surface area contributed by atoms with E-state index in [0.29, 0.717) is 0 Å². The van der Waals surface area contributed by atoms with Crippen LogP contribution in [0.15, 0.2) is 18.2 Å². The number of benzene rings is 1. The van der Waals surface area contributed by atoms with Gasteiger partial charge in [0.05, 0.1) is 17.7 Å². The fraction of sp³-hybridized carbons (Fsp3) is 0.300. The molecular weight excluding hydrogens is 223 g/mol. The second kappa shape index (κ2) is 3.48. The summed E-state index contributed by atoms with van der Waals surface area (Å²) in [5.41, 5.74) is -1.32. The lowest BCUT2D eigenvalue weighted by Gasteiger charge is -2.26. The number of carbonyl (C=O) groups is 1. The van der Waals surface area contributed by atoms with Gasteiger partial charge in [0.1, 0.15) is 0 Å². The van der Waals surface area contributed by atoms with E-state index in [1.165, 1.54) is 24.2 Å². The molecule has 0 saturated heterocycles. The summed E-state index contributed by atoms with van der Waals surface area (Å²) in [5, 5.41) is 1.20. The monoisotopic (exact) mass is 231 g/mol. The second-order valence-electron chi connectivity index (χ2n) is 3.48. The predicted octanol–water partition coefficient (Wildman–Crippen LogP) is 2.13. The molecule has 1 heterocycles. The molecule has 0 saturated carbocycles. The van der Waals surface area contributed by atoms with Crippen LogP contribution >= 0.6 is 0 Å². The molecule has 0 N–H and O–H groups in total. The van der Waals surface area contributed by atoms with Crippen molar-refractivity contribution >= 4 is 5.78 Å². The van der Waals surface area contributed by atoms with Gasteiger partial charge in [-0.15, -0.1) is 5.06 Å². The van der Waals surface area contributed by atoms with Gasteiger partial charge in [-0.05, 0) is 12.1 Å². The lowest BCUT2D eigenvalue weighted by molar-refractivity contribution is -0.138. The van der Waals surface area contributed by atoms with Crippen molar-refractivity contribution in [1.29, 1.82) is 0 Å². The summed E-state index contributed by atoms with van der Waals surface area (Å²) >= 11 is 0. The van der Waals surface area contributed by atoms with Crippen molar-refractivity contribution in [3.8, 4) is 5.75 Å². The molecule has 0 fully saturated rings. The highest BCUT2D eigenvalue weighted by molar-refractivity contribution is 6.02. The van der Waals surface area contributed by atoms with Gasteiger partial charge in [-0.2, -0.15) is 13.2 Å². The van der Waals surface area contributed by atoms with Crippen LogP contribution in [0.4, 0.5) is 13.2 Å². The van der Waals surface area contributed by atoms with Crippen LogP contribution in [0.5, 0.6) is 5.75 Å². The first-order valence-electron chi connectivity index (χ1n) is 4.52. The average Bonchev–Trinajstić information content (AvgIpc) is 2.14. The molecule has 3 nitrogen and oxygen atoms in total. The Bertz CT molecular complexity index is 442. The van der Waals surface area contributed by atoms with Crippen molar-refractivity contribution < 1.29 is 22.8 Å². The van der Waals surface area contributed by atoms with E-state index < -0.39 is 17.5 Å². The van der Waals surface area contributed by atoms with E-state index in [0.717, 1.165) is 6.07 Å². The number of halogens is 3. The Morgan fingerprint density at radius 1 is 1.38 bits per heavy atom. The third kappa shape index (κ3) is 1.76. The zero-order chi connectivity index (χ0) is 11.9. The first-order chi connectivity index (χ1) is 7.39. The van der Waals surface area contributed by atoms with Gasteiger partial charge in [-0.1, -0.05) is 6.07 Å². The number of ketones is 1. The quantitative estimate of drug-likeness (QED) is 0.685. The number of fused-ring (bicyclic) bond motifs is 1. The van der Waals surface area contributed by atoms with Crippen molar-refractivity contribution in [1.82, 2.24) is 5.06 Å². The van der Waals surface area contributed by atoms with Gasteiger partial charge in [0.2, 0.25) is 0 Å². The minimum absolute atomic E-state index is 0.0476. The van der Waals surface area contributed by atoms with Gasteiger partial charge >= 0.3 is 6.18 Å². The molecule has 1 aliphatic rings. The van der Waals surface area contributed by atoms with Crippen LogP contribution in [0.3, 0.4) is 0 Å². The van der Waals surface area contributed by atoms with E-state index >= 15 is 0 Å². The number of hydroxylamine groups is 2. The van der Waals surface area contributed by atoms with Gasteiger partial charge < -0.3 is 4.84 Å². The Labute approximate surface area is 89.4 Å². The van der Waals surface area contributed by atoms with E-state index in [9.17, 15) is 18.0 Å². The molecule has 1 aromatic rings. The summed E-state index contributed by atoms with van der Waals surface area (Å²) in [6.07, 6.45) is -4.54. The standard InChI is InChI=1S/C10H8F3NO2/c1-14-5-7(15)9-6(10(11,12)13)3-2-4-8(9)16-14/h2-4H,5H2,1H3. The Morgan fingerprint density at radius 2 is 2.06 bits per heavy atom. The molecule has 0 atom stereocenters. The molecule has 2 rings (SSSR count). The van der Waals surface area contributed by atoms with E-state index in [1.807, 2.05) is 0 Å². The van der Waals surface area contributed by atoms with Gasteiger partial charge in [-0.25, -0.2) is 0 Å². The first-order valence-corrected chi connectivity index (χ1v) is 4.52. The first kappa shape index (κ1) is 10.9. The van der Waals surface area contributed by atoms with Crippen molar-refractivity contribution in [3.63, 3.8) is 0 Å². The van der Waals surface area contributed by atoms with Crippen LogP contribution in [0.1, 0.15) is 15.9 Å². The van der Waals surface area contributed by atoms with E-state index in [4.69, 9.17) is 4.84 Å². The number of hydrogen-bond donors (Lipinski definition) is 0. The highest BCUT2D eigenvalue weighted by atomic mass is 19.4. The number of likely N-dealkylation sites (N-methyl/N-ethyl adjacent to an activating group) is 1. The summed E-state index contributed by atoms with van der Waals surface area (Å²) < 4.78 is 37.9. The van der Waals surface area contributed by atoms with Crippen LogP contribution in [0.2, 0.25) is 0 Å². The molecule has 0 bridgehead atoms. The number of rotatable bonds is 0. The van der Waals surface area contributed by atoms with Crippen LogP contribution in [-0.2, 0) is 6.18 Å². The van der Waals surface area contributed by atoms with E-state index in [2.05, 4.69) is 0 Å². The maximum atomic E-state index is 12.6. The van der Waals surface area contributed by atoms with E-state index in [-0.39, 0.29) is 17.9 Å². The van der Waals surface area contributed by atoms with Crippen LogP contribution < -0.4 is 4.84 Å². The topological polar surface area (TPSA) is 29.5 Å². The maximum Gasteiger partial charge on any atom is 0.417 e. The molecule has 0 spiro atoms. The molecule has 1 aromatic carbocycles. The molecule has 0 aromatic heterocycles. The van der Waals surface area contributed by atoms with Gasteiger partial charge in [0.25, 0.3) is 0 Å². The molecule has 0 unspecified atom stereocenters. The lowest BCUT2D eigenvalue weighted by atomic mass is 10.0. The largest absolute Gasteiger partial charge is 0.417 e. The van der Waals surface area contributed by atoms with Crippen LogP contribution in [0, 0.1) is 0 Å². The number of hydrogen-bond acceptors (Lipinski definition) is 3. The zero-order valence-corrected chi connectivity index (χ0v) is 8.34. The van der Waals surface area contributed by atoms with Crippen molar-refractivity contribution in [2.24, 2.45) is 0 Å². The summed E-state index contributed by atoms with van der Waals surface area (Å²) in [7, 11) is 1.49. The lowest BCUT2D eigenvalue weighted by Crippen LogP contribution is -2.35. The smallest absolute Gasteiger partial charge is 0.405 e. The third-order valence-electron chi connectivity index (χ3n) is 2.23. The molecule has 1 aliphatic heterocycles.